The number of ketones is 1. The molecule has 0 aliphatic heterocycles. The second-order valence-corrected chi connectivity index (χ2v) is 7.08. The Labute approximate surface area is 173 Å². The fraction of sp³-hybridized carbons (Fsp3) is 0.182. The number of thiazole rings is 1. The van der Waals surface area contributed by atoms with E-state index in [9.17, 15) is 4.79 Å². The van der Waals surface area contributed by atoms with Crippen molar-refractivity contribution < 1.29 is 19.0 Å². The summed E-state index contributed by atoms with van der Waals surface area (Å²) < 4.78 is 16.0. The molecule has 6 nitrogen and oxygen atoms in total. The smallest absolute Gasteiger partial charge is 0.203 e. The van der Waals surface area contributed by atoms with E-state index in [0.29, 0.717) is 33.0 Å². The third kappa shape index (κ3) is 4.75. The second-order valence-electron chi connectivity index (χ2n) is 6.08. The van der Waals surface area contributed by atoms with Gasteiger partial charge in [-0.25, -0.2) is 4.98 Å². The van der Waals surface area contributed by atoms with E-state index in [2.05, 4.69) is 10.3 Å². The number of anilines is 2. The van der Waals surface area contributed by atoms with Crippen LogP contribution in [0.3, 0.4) is 0 Å². The molecule has 0 bridgehead atoms. The molecule has 0 radical (unpaired) electrons. The number of ether oxygens (including phenoxy) is 3. The predicted octanol–water partition coefficient (Wildman–Crippen LogP) is 5.12. The fourth-order valence-corrected chi connectivity index (χ4v) is 3.68. The van der Waals surface area contributed by atoms with Gasteiger partial charge in [0.15, 0.2) is 22.4 Å². The average molecular weight is 410 g/mol. The Morgan fingerprint density at radius 3 is 2.28 bits per heavy atom. The van der Waals surface area contributed by atoms with Crippen LogP contribution >= 0.6 is 11.3 Å². The summed E-state index contributed by atoms with van der Waals surface area (Å²) in [5.74, 6) is 1.45. The lowest BCUT2D eigenvalue weighted by atomic mass is 10.1. The molecule has 0 aliphatic rings. The first-order chi connectivity index (χ1) is 14.0. The van der Waals surface area contributed by atoms with E-state index in [-0.39, 0.29) is 5.78 Å². The van der Waals surface area contributed by atoms with Gasteiger partial charge in [-0.3, -0.25) is 4.79 Å². The molecule has 0 fully saturated rings. The van der Waals surface area contributed by atoms with E-state index in [0.717, 1.165) is 11.3 Å². The van der Waals surface area contributed by atoms with E-state index in [4.69, 9.17) is 14.2 Å². The zero-order valence-corrected chi connectivity index (χ0v) is 17.5. The maximum Gasteiger partial charge on any atom is 0.203 e. The first-order valence-corrected chi connectivity index (χ1v) is 9.69. The molecular weight excluding hydrogens is 388 g/mol. The highest BCUT2D eigenvalue weighted by atomic mass is 32.1. The summed E-state index contributed by atoms with van der Waals surface area (Å²) in [6.45, 7) is 1.83. The highest BCUT2D eigenvalue weighted by molar-refractivity contribution is 7.17. The molecule has 1 heterocycles. The molecular formula is C22H22N2O4S. The number of nitrogens with one attached hydrogen (secondary N) is 1. The monoisotopic (exact) mass is 410 g/mol. The lowest BCUT2D eigenvalue weighted by Gasteiger charge is -2.12. The summed E-state index contributed by atoms with van der Waals surface area (Å²) in [5, 5.41) is 3.90. The Balaban J connectivity index is 1.81. The minimum atomic E-state index is -0.116. The zero-order valence-electron chi connectivity index (χ0n) is 16.7. The fourth-order valence-electron chi connectivity index (χ4n) is 2.77. The van der Waals surface area contributed by atoms with E-state index in [1.165, 1.54) is 17.4 Å². The molecule has 150 valence electrons. The Morgan fingerprint density at radius 2 is 1.69 bits per heavy atom. The maximum atomic E-state index is 12.7. The minimum Gasteiger partial charge on any atom is -0.493 e. The van der Waals surface area contributed by atoms with Gasteiger partial charge < -0.3 is 19.5 Å². The van der Waals surface area contributed by atoms with Crippen molar-refractivity contribution in [2.24, 2.45) is 0 Å². The van der Waals surface area contributed by atoms with E-state index >= 15 is 0 Å². The Morgan fingerprint density at radius 1 is 1.03 bits per heavy atom. The van der Waals surface area contributed by atoms with Crippen LogP contribution in [0.4, 0.5) is 10.8 Å². The van der Waals surface area contributed by atoms with Gasteiger partial charge in [0.05, 0.1) is 31.9 Å². The van der Waals surface area contributed by atoms with Crippen molar-refractivity contribution in [1.82, 2.24) is 4.98 Å². The summed E-state index contributed by atoms with van der Waals surface area (Å²) in [6.07, 6.45) is 3.24. The van der Waals surface area contributed by atoms with Gasteiger partial charge in [0, 0.05) is 5.69 Å². The van der Waals surface area contributed by atoms with Gasteiger partial charge >= 0.3 is 0 Å². The van der Waals surface area contributed by atoms with Crippen LogP contribution in [0.5, 0.6) is 17.2 Å². The predicted molar refractivity (Wildman–Crippen MR) is 116 cm³/mol. The van der Waals surface area contributed by atoms with Crippen molar-refractivity contribution in [2.75, 3.05) is 26.6 Å². The van der Waals surface area contributed by atoms with Crippen LogP contribution in [0.15, 0.2) is 48.5 Å². The largest absolute Gasteiger partial charge is 0.493 e. The SMILES string of the molecule is COc1cc(/C=C/C(=O)c2sc(Nc3ccccc3)nc2C)cc(OC)c1OC. The Hall–Kier alpha value is -3.32. The summed E-state index contributed by atoms with van der Waals surface area (Å²) >= 11 is 1.33. The number of rotatable bonds is 8. The number of carbonyl (C=O) groups is 1. The number of aromatic nitrogens is 1. The van der Waals surface area contributed by atoms with E-state index in [1.54, 1.807) is 39.5 Å². The number of hydrogen-bond acceptors (Lipinski definition) is 7. The normalized spacial score (nSPS) is 10.8. The van der Waals surface area contributed by atoms with Gasteiger partial charge in [0.25, 0.3) is 0 Å². The van der Waals surface area contributed by atoms with Crippen molar-refractivity contribution >= 4 is 34.0 Å². The molecule has 0 saturated heterocycles. The van der Waals surface area contributed by atoms with Gasteiger partial charge in [-0.2, -0.15) is 0 Å². The van der Waals surface area contributed by atoms with Crippen LogP contribution in [-0.4, -0.2) is 32.1 Å². The van der Waals surface area contributed by atoms with Crippen molar-refractivity contribution in [2.45, 2.75) is 6.92 Å². The van der Waals surface area contributed by atoms with E-state index < -0.39 is 0 Å². The van der Waals surface area contributed by atoms with Gasteiger partial charge in [0.2, 0.25) is 5.75 Å². The highest BCUT2D eigenvalue weighted by Crippen LogP contribution is 2.38. The summed E-state index contributed by atoms with van der Waals surface area (Å²) in [6, 6.07) is 13.3. The maximum absolute atomic E-state index is 12.7. The van der Waals surface area contributed by atoms with Crippen LogP contribution in [0.2, 0.25) is 0 Å². The Bertz CT molecular complexity index is 1000. The number of hydrogen-bond donors (Lipinski definition) is 1. The first-order valence-electron chi connectivity index (χ1n) is 8.87. The molecule has 1 aromatic heterocycles. The summed E-state index contributed by atoms with van der Waals surface area (Å²) in [4.78, 5) is 17.8. The minimum absolute atomic E-state index is 0.116. The highest BCUT2D eigenvalue weighted by Gasteiger charge is 2.15. The van der Waals surface area contributed by atoms with Crippen LogP contribution in [0, 0.1) is 6.92 Å². The number of allylic oxidation sites excluding steroid dienone is 1. The summed E-state index contributed by atoms with van der Waals surface area (Å²) in [5.41, 5.74) is 2.37. The third-order valence-corrected chi connectivity index (χ3v) is 5.25. The second kappa shape index (κ2) is 9.25. The van der Waals surface area contributed by atoms with Gasteiger partial charge in [-0.15, -0.1) is 0 Å². The van der Waals surface area contributed by atoms with Gasteiger partial charge in [-0.05, 0) is 42.8 Å². The molecule has 0 saturated carbocycles. The Kier molecular flexibility index (Phi) is 6.51. The van der Waals surface area contributed by atoms with Crippen LogP contribution < -0.4 is 19.5 Å². The average Bonchev–Trinajstić information content (AvgIpc) is 3.11. The number of para-hydroxylation sites is 1. The third-order valence-electron chi connectivity index (χ3n) is 4.16. The molecule has 0 unspecified atom stereocenters. The van der Waals surface area contributed by atoms with Gasteiger partial charge in [-0.1, -0.05) is 35.6 Å². The quantitative estimate of drug-likeness (QED) is 0.411. The lowest BCUT2D eigenvalue weighted by molar-refractivity contribution is 0.105. The molecule has 0 amide bonds. The topological polar surface area (TPSA) is 69.7 Å². The van der Waals surface area contributed by atoms with Crippen molar-refractivity contribution in [1.29, 1.82) is 0 Å². The number of methoxy groups -OCH3 is 3. The van der Waals surface area contributed by atoms with Crippen molar-refractivity contribution in [3.63, 3.8) is 0 Å². The van der Waals surface area contributed by atoms with Crippen LogP contribution in [0.1, 0.15) is 20.9 Å². The van der Waals surface area contributed by atoms with Crippen molar-refractivity contribution in [3.8, 4) is 17.2 Å². The standard InChI is InChI=1S/C22H22N2O4S/c1-14-21(29-22(23-14)24-16-8-6-5-7-9-16)17(25)11-10-15-12-18(26-2)20(28-4)19(13-15)27-3/h5-13H,1-4H3,(H,23,24)/b11-10+. The number of carbonyl (C=O) groups excluding carboxylic acids is 1. The zero-order chi connectivity index (χ0) is 20.8. The molecule has 29 heavy (non-hydrogen) atoms. The number of nitrogens with zero attached hydrogens (tertiary/aromatic N) is 1. The first kappa shape index (κ1) is 20.4. The molecule has 0 atom stereocenters. The molecule has 3 rings (SSSR count). The van der Waals surface area contributed by atoms with Gasteiger partial charge in [0.1, 0.15) is 0 Å². The molecule has 3 aromatic rings. The number of benzene rings is 2. The lowest BCUT2D eigenvalue weighted by Crippen LogP contribution is -1.96. The molecule has 7 heteroatoms. The number of aryl methyl sites for hydroxylation is 1. The molecule has 0 spiro atoms. The van der Waals surface area contributed by atoms with E-state index in [1.807, 2.05) is 37.3 Å². The summed E-state index contributed by atoms with van der Waals surface area (Å²) in [7, 11) is 4.66. The van der Waals surface area contributed by atoms with Crippen LogP contribution in [-0.2, 0) is 0 Å². The molecule has 1 N–H and O–H groups in total. The molecule has 2 aromatic carbocycles. The molecule has 0 aliphatic carbocycles. The van der Waals surface area contributed by atoms with Crippen molar-refractivity contribution in [3.05, 3.63) is 64.7 Å². The van der Waals surface area contributed by atoms with Crippen LogP contribution in [0.25, 0.3) is 6.08 Å².